The van der Waals surface area contributed by atoms with E-state index in [1.54, 1.807) is 7.11 Å². The third kappa shape index (κ3) is 4.97. The summed E-state index contributed by atoms with van der Waals surface area (Å²) in [7, 11) is 1.64. The maximum Gasteiger partial charge on any atom is 0.265 e. The number of benzene rings is 1. The molecule has 28 heavy (non-hydrogen) atoms. The molecule has 1 N–H and O–H groups in total. The average Bonchev–Trinajstić information content (AvgIpc) is 3.33. The molecule has 1 aromatic carbocycles. The van der Waals surface area contributed by atoms with Crippen molar-refractivity contribution in [2.45, 2.75) is 39.7 Å². The maximum atomic E-state index is 12.1. The van der Waals surface area contributed by atoms with Crippen molar-refractivity contribution in [3.8, 4) is 17.3 Å². The Balaban J connectivity index is 1.45. The zero-order valence-corrected chi connectivity index (χ0v) is 16.4. The zero-order chi connectivity index (χ0) is 19.9. The molecular weight excluding hydrogens is 358 g/mol. The van der Waals surface area contributed by atoms with Gasteiger partial charge in [-0.05, 0) is 44.0 Å². The summed E-state index contributed by atoms with van der Waals surface area (Å²) in [6.07, 6.45) is 1.47. The fourth-order valence-electron chi connectivity index (χ4n) is 2.86. The molecule has 148 valence electrons. The first-order valence-electron chi connectivity index (χ1n) is 9.36. The monoisotopic (exact) mass is 383 g/mol. The molecule has 0 atom stereocenters. The number of aromatic nitrogens is 4. The first kappa shape index (κ1) is 19.6. The lowest BCUT2D eigenvalue weighted by Crippen LogP contribution is -2.25. The van der Waals surface area contributed by atoms with Gasteiger partial charge in [-0.25, -0.2) is 0 Å². The molecular formula is C20H25N5O3. The van der Waals surface area contributed by atoms with Crippen LogP contribution in [0.2, 0.25) is 0 Å². The van der Waals surface area contributed by atoms with E-state index in [4.69, 9.17) is 9.15 Å². The quantitative estimate of drug-likeness (QED) is 0.610. The van der Waals surface area contributed by atoms with Crippen molar-refractivity contribution in [2.24, 2.45) is 0 Å². The first-order valence-corrected chi connectivity index (χ1v) is 9.36. The molecule has 0 radical (unpaired) electrons. The Bertz CT molecular complexity index is 914. The number of carbonyl (C=O) groups is 1. The van der Waals surface area contributed by atoms with Crippen molar-refractivity contribution in [3.63, 3.8) is 0 Å². The second-order valence-corrected chi connectivity index (χ2v) is 6.44. The molecule has 0 aliphatic heterocycles. The lowest BCUT2D eigenvalue weighted by molar-refractivity contribution is -0.121. The average molecular weight is 383 g/mol. The number of hydrogen-bond acceptors (Lipinski definition) is 6. The Morgan fingerprint density at radius 2 is 2.00 bits per heavy atom. The summed E-state index contributed by atoms with van der Waals surface area (Å²) in [6.45, 7) is 5.22. The normalized spacial score (nSPS) is 10.8. The Kier molecular flexibility index (Phi) is 6.41. The Morgan fingerprint density at radius 1 is 1.21 bits per heavy atom. The van der Waals surface area contributed by atoms with Crippen molar-refractivity contribution in [3.05, 3.63) is 47.5 Å². The third-order valence-corrected chi connectivity index (χ3v) is 4.35. The number of rotatable bonds is 9. The van der Waals surface area contributed by atoms with Crippen LogP contribution < -0.4 is 10.1 Å². The van der Waals surface area contributed by atoms with E-state index in [0.717, 1.165) is 35.7 Å². The van der Waals surface area contributed by atoms with Gasteiger partial charge in [0.25, 0.3) is 5.89 Å². The number of amides is 1. The van der Waals surface area contributed by atoms with Crippen LogP contribution in [0.25, 0.3) is 11.6 Å². The van der Waals surface area contributed by atoms with Crippen LogP contribution in [-0.4, -0.2) is 39.5 Å². The minimum Gasteiger partial charge on any atom is -0.497 e. The van der Waals surface area contributed by atoms with Crippen LogP contribution in [-0.2, 0) is 24.2 Å². The number of hydrogen-bond donors (Lipinski definition) is 1. The largest absolute Gasteiger partial charge is 0.497 e. The number of aryl methyl sites for hydroxylation is 3. The predicted octanol–water partition coefficient (Wildman–Crippen LogP) is 2.56. The van der Waals surface area contributed by atoms with Crippen LogP contribution in [0.15, 0.2) is 34.7 Å². The molecule has 8 nitrogen and oxygen atoms in total. The highest BCUT2D eigenvalue weighted by atomic mass is 16.5. The van der Waals surface area contributed by atoms with E-state index >= 15 is 0 Å². The zero-order valence-electron chi connectivity index (χ0n) is 16.4. The SMILES string of the molecule is CCn1nc(C)cc1-c1nnc(CCC(=O)NCCc2ccc(OC)cc2)o1. The summed E-state index contributed by atoms with van der Waals surface area (Å²) in [6, 6.07) is 9.72. The summed E-state index contributed by atoms with van der Waals surface area (Å²) in [5.41, 5.74) is 2.83. The van der Waals surface area contributed by atoms with Gasteiger partial charge < -0.3 is 14.5 Å². The number of methoxy groups -OCH3 is 1. The van der Waals surface area contributed by atoms with Gasteiger partial charge in [0.05, 0.1) is 12.8 Å². The number of carbonyl (C=O) groups excluding carboxylic acids is 1. The summed E-state index contributed by atoms with van der Waals surface area (Å²) < 4.78 is 12.6. The highest BCUT2D eigenvalue weighted by Crippen LogP contribution is 2.19. The Hall–Kier alpha value is -3.16. The van der Waals surface area contributed by atoms with Gasteiger partial charge >= 0.3 is 0 Å². The molecule has 0 aliphatic carbocycles. The first-order chi connectivity index (χ1) is 13.6. The molecule has 0 bridgehead atoms. The molecule has 0 spiro atoms. The summed E-state index contributed by atoms with van der Waals surface area (Å²) in [4.78, 5) is 12.1. The van der Waals surface area contributed by atoms with E-state index in [1.165, 1.54) is 0 Å². The molecule has 0 aliphatic rings. The second kappa shape index (κ2) is 9.16. The van der Waals surface area contributed by atoms with Crippen molar-refractivity contribution in [2.75, 3.05) is 13.7 Å². The van der Waals surface area contributed by atoms with Crippen LogP contribution in [0.3, 0.4) is 0 Å². The molecule has 8 heteroatoms. The van der Waals surface area contributed by atoms with E-state index < -0.39 is 0 Å². The van der Waals surface area contributed by atoms with Crippen molar-refractivity contribution in [1.82, 2.24) is 25.3 Å². The van der Waals surface area contributed by atoms with Crippen LogP contribution >= 0.6 is 0 Å². The van der Waals surface area contributed by atoms with Gasteiger partial charge in [0.15, 0.2) is 0 Å². The minimum atomic E-state index is -0.0392. The van der Waals surface area contributed by atoms with E-state index in [0.29, 0.717) is 31.2 Å². The van der Waals surface area contributed by atoms with Gasteiger partial charge in [-0.3, -0.25) is 9.48 Å². The van der Waals surface area contributed by atoms with E-state index in [9.17, 15) is 4.79 Å². The highest BCUT2D eigenvalue weighted by Gasteiger charge is 2.15. The third-order valence-electron chi connectivity index (χ3n) is 4.35. The highest BCUT2D eigenvalue weighted by molar-refractivity contribution is 5.76. The minimum absolute atomic E-state index is 0.0392. The molecule has 0 unspecified atom stereocenters. The lowest BCUT2D eigenvalue weighted by atomic mass is 10.1. The fourth-order valence-corrected chi connectivity index (χ4v) is 2.86. The van der Waals surface area contributed by atoms with Crippen LogP contribution in [0.5, 0.6) is 5.75 Å². The Labute approximate surface area is 163 Å². The topological polar surface area (TPSA) is 95.1 Å². The van der Waals surface area contributed by atoms with E-state index in [2.05, 4.69) is 20.6 Å². The molecule has 1 amide bonds. The molecule has 0 fully saturated rings. The molecule has 0 saturated carbocycles. The smallest absolute Gasteiger partial charge is 0.265 e. The van der Waals surface area contributed by atoms with Crippen molar-refractivity contribution < 1.29 is 13.9 Å². The van der Waals surface area contributed by atoms with Crippen LogP contribution in [0.4, 0.5) is 0 Å². The predicted molar refractivity (Wildman–Crippen MR) is 104 cm³/mol. The van der Waals surface area contributed by atoms with Gasteiger partial charge in [0, 0.05) is 25.9 Å². The maximum absolute atomic E-state index is 12.1. The Morgan fingerprint density at radius 3 is 2.71 bits per heavy atom. The van der Waals surface area contributed by atoms with Crippen molar-refractivity contribution >= 4 is 5.91 Å². The van der Waals surface area contributed by atoms with Crippen LogP contribution in [0, 0.1) is 6.92 Å². The number of ether oxygens (including phenoxy) is 1. The molecule has 2 heterocycles. The van der Waals surface area contributed by atoms with E-state index in [-0.39, 0.29) is 5.91 Å². The van der Waals surface area contributed by atoms with Gasteiger partial charge in [0.2, 0.25) is 11.8 Å². The standard InChI is InChI=1S/C20H25N5O3/c1-4-25-17(13-14(2)24-25)20-23-22-19(28-20)10-9-18(26)21-12-11-15-5-7-16(27-3)8-6-15/h5-8,13H,4,9-12H2,1-3H3,(H,21,26). The number of nitrogens with zero attached hydrogens (tertiary/aromatic N) is 4. The van der Waals surface area contributed by atoms with E-state index in [1.807, 2.05) is 48.9 Å². The van der Waals surface area contributed by atoms with Gasteiger partial charge in [-0.15, -0.1) is 10.2 Å². The van der Waals surface area contributed by atoms with Gasteiger partial charge in [-0.1, -0.05) is 12.1 Å². The van der Waals surface area contributed by atoms with Gasteiger partial charge in [-0.2, -0.15) is 5.10 Å². The van der Waals surface area contributed by atoms with Gasteiger partial charge in [0.1, 0.15) is 11.4 Å². The molecule has 3 aromatic rings. The molecule has 0 saturated heterocycles. The summed E-state index contributed by atoms with van der Waals surface area (Å²) in [5.74, 6) is 1.66. The van der Waals surface area contributed by atoms with Crippen LogP contribution in [0.1, 0.15) is 30.5 Å². The summed E-state index contributed by atoms with van der Waals surface area (Å²) in [5, 5.41) is 15.4. The molecule has 3 rings (SSSR count). The summed E-state index contributed by atoms with van der Waals surface area (Å²) >= 11 is 0. The van der Waals surface area contributed by atoms with Crippen molar-refractivity contribution in [1.29, 1.82) is 0 Å². The molecule has 2 aromatic heterocycles. The second-order valence-electron chi connectivity index (χ2n) is 6.44. The number of nitrogens with one attached hydrogen (secondary N) is 1. The lowest BCUT2D eigenvalue weighted by Gasteiger charge is -2.05. The fraction of sp³-hybridized carbons (Fsp3) is 0.400.